The van der Waals surface area contributed by atoms with Crippen molar-refractivity contribution in [1.29, 1.82) is 0 Å². The second-order valence-corrected chi connectivity index (χ2v) is 7.00. The molecule has 0 radical (unpaired) electrons. The minimum absolute atomic E-state index is 0.118. The van der Waals surface area contributed by atoms with Crippen LogP contribution in [0.25, 0.3) is 10.9 Å². The number of aromatic nitrogens is 3. The van der Waals surface area contributed by atoms with Gasteiger partial charge in [0.15, 0.2) is 10.8 Å². The van der Waals surface area contributed by atoms with Crippen molar-refractivity contribution in [2.75, 3.05) is 0 Å². The lowest BCUT2D eigenvalue weighted by Crippen LogP contribution is -2.00. The number of nitrogens with zero attached hydrogens (tertiary/aromatic N) is 4. The van der Waals surface area contributed by atoms with Crippen LogP contribution < -0.4 is 4.74 Å². The Morgan fingerprint density at radius 2 is 1.79 bits per heavy atom. The first-order chi connectivity index (χ1) is 13.6. The molecule has 0 saturated heterocycles. The number of nitro groups is 1. The van der Waals surface area contributed by atoms with Crippen molar-refractivity contribution in [3.8, 4) is 11.6 Å². The molecule has 28 heavy (non-hydrogen) atoms. The molecule has 4 aromatic rings. The van der Waals surface area contributed by atoms with Gasteiger partial charge in [-0.2, -0.15) is 4.98 Å². The third-order valence-electron chi connectivity index (χ3n) is 3.98. The molecule has 8 heteroatoms. The van der Waals surface area contributed by atoms with Gasteiger partial charge >= 0.3 is 11.6 Å². The molecule has 0 N–H and O–H groups in total. The summed E-state index contributed by atoms with van der Waals surface area (Å²) in [6, 6.07) is 16.8. The van der Waals surface area contributed by atoms with Gasteiger partial charge in [0.1, 0.15) is 11.8 Å². The van der Waals surface area contributed by atoms with Crippen LogP contribution in [0.5, 0.6) is 11.6 Å². The summed E-state index contributed by atoms with van der Waals surface area (Å²) < 4.78 is 5.81. The summed E-state index contributed by atoms with van der Waals surface area (Å²) in [5, 5.41) is 12.8. The van der Waals surface area contributed by atoms with E-state index in [1.165, 1.54) is 18.1 Å². The standard InChI is InChI=1S/C20H14N4O3S/c1-13-7-9-15(10-8-13)28-20-18(24(25)26)19(22-12-23-20)27-16-6-2-4-14-5-3-11-21-17(14)16/h2-12H,1H3. The molecular formula is C20H14N4O3S. The normalized spacial score (nSPS) is 10.8. The minimum Gasteiger partial charge on any atom is -0.431 e. The maximum Gasteiger partial charge on any atom is 0.363 e. The Labute approximate surface area is 164 Å². The molecule has 0 atom stereocenters. The van der Waals surface area contributed by atoms with Crippen LogP contribution in [-0.4, -0.2) is 19.9 Å². The summed E-state index contributed by atoms with van der Waals surface area (Å²) in [5.41, 5.74) is 1.43. The van der Waals surface area contributed by atoms with Crippen LogP contribution in [0.15, 0.2) is 77.0 Å². The van der Waals surface area contributed by atoms with Crippen LogP contribution >= 0.6 is 11.8 Å². The van der Waals surface area contributed by atoms with Gasteiger partial charge in [0.2, 0.25) is 0 Å². The zero-order valence-electron chi connectivity index (χ0n) is 14.8. The number of pyridine rings is 1. The van der Waals surface area contributed by atoms with Crippen LogP contribution in [0.1, 0.15) is 5.56 Å². The van der Waals surface area contributed by atoms with Crippen LogP contribution in [-0.2, 0) is 0 Å². The Bertz CT molecular complexity index is 1160. The van der Waals surface area contributed by atoms with Crippen LogP contribution in [0.2, 0.25) is 0 Å². The van der Waals surface area contributed by atoms with Crippen LogP contribution in [0.3, 0.4) is 0 Å². The highest BCUT2D eigenvalue weighted by Gasteiger charge is 2.26. The molecule has 0 aliphatic rings. The number of hydrogen-bond donors (Lipinski definition) is 0. The molecule has 4 rings (SSSR count). The lowest BCUT2D eigenvalue weighted by atomic mass is 10.2. The SMILES string of the molecule is Cc1ccc(Sc2ncnc(Oc3cccc4cccnc34)c2[N+](=O)[O-])cc1. The number of fused-ring (bicyclic) bond motifs is 1. The molecule has 7 nitrogen and oxygen atoms in total. The lowest BCUT2D eigenvalue weighted by Gasteiger charge is -2.09. The summed E-state index contributed by atoms with van der Waals surface area (Å²) in [6.45, 7) is 1.98. The van der Waals surface area contributed by atoms with Gasteiger partial charge in [0.25, 0.3) is 0 Å². The zero-order valence-corrected chi connectivity index (χ0v) is 15.6. The number of ether oxygens (including phenoxy) is 1. The predicted molar refractivity (Wildman–Crippen MR) is 106 cm³/mol. The maximum atomic E-state index is 11.8. The summed E-state index contributed by atoms with van der Waals surface area (Å²) in [7, 11) is 0. The first kappa shape index (κ1) is 17.9. The molecule has 0 unspecified atom stereocenters. The second-order valence-electron chi connectivity index (χ2n) is 5.94. The Morgan fingerprint density at radius 1 is 1.00 bits per heavy atom. The van der Waals surface area contributed by atoms with E-state index in [1.807, 2.05) is 49.4 Å². The highest BCUT2D eigenvalue weighted by Crippen LogP contribution is 2.40. The summed E-state index contributed by atoms with van der Waals surface area (Å²) in [5.74, 6) is 0.277. The van der Waals surface area contributed by atoms with Gasteiger partial charge in [-0.3, -0.25) is 15.1 Å². The molecule has 0 fully saturated rings. The molecule has 138 valence electrons. The fourth-order valence-corrected chi connectivity index (χ4v) is 3.49. The largest absolute Gasteiger partial charge is 0.431 e. The van der Waals surface area contributed by atoms with E-state index in [1.54, 1.807) is 18.3 Å². The molecule has 2 aromatic heterocycles. The number of para-hydroxylation sites is 1. The van der Waals surface area contributed by atoms with Gasteiger partial charge in [-0.15, -0.1) is 0 Å². The fraction of sp³-hybridized carbons (Fsp3) is 0.0500. The lowest BCUT2D eigenvalue weighted by molar-refractivity contribution is -0.389. The van der Waals surface area contributed by atoms with Gasteiger partial charge in [0.05, 0.1) is 4.92 Å². The average Bonchev–Trinajstić information content (AvgIpc) is 2.70. The first-order valence-corrected chi connectivity index (χ1v) is 9.19. The first-order valence-electron chi connectivity index (χ1n) is 8.37. The third kappa shape index (κ3) is 3.63. The quantitative estimate of drug-likeness (QED) is 0.263. The number of aryl methyl sites for hydroxylation is 1. The highest BCUT2D eigenvalue weighted by atomic mass is 32.2. The number of benzene rings is 2. The van der Waals surface area contributed by atoms with E-state index in [9.17, 15) is 10.1 Å². The Kier molecular flexibility index (Phi) is 4.86. The van der Waals surface area contributed by atoms with Crippen molar-refractivity contribution in [1.82, 2.24) is 15.0 Å². The number of hydrogen-bond acceptors (Lipinski definition) is 7. The molecule has 0 aliphatic heterocycles. The maximum absolute atomic E-state index is 11.8. The average molecular weight is 390 g/mol. The minimum atomic E-state index is -0.523. The molecule has 0 bridgehead atoms. The zero-order chi connectivity index (χ0) is 19.5. The molecule has 2 aromatic carbocycles. The summed E-state index contributed by atoms with van der Waals surface area (Å²) in [6.07, 6.45) is 2.90. The monoisotopic (exact) mass is 390 g/mol. The van der Waals surface area contributed by atoms with Gasteiger partial charge in [0, 0.05) is 16.5 Å². The van der Waals surface area contributed by atoms with Crippen molar-refractivity contribution in [3.05, 3.63) is 82.8 Å². The van der Waals surface area contributed by atoms with E-state index in [-0.39, 0.29) is 16.6 Å². The highest BCUT2D eigenvalue weighted by molar-refractivity contribution is 7.99. The van der Waals surface area contributed by atoms with Gasteiger partial charge in [-0.05, 0) is 31.2 Å². The second kappa shape index (κ2) is 7.61. The Morgan fingerprint density at radius 3 is 2.57 bits per heavy atom. The Balaban J connectivity index is 1.74. The van der Waals surface area contributed by atoms with Crippen molar-refractivity contribution in [2.24, 2.45) is 0 Å². The van der Waals surface area contributed by atoms with E-state index in [0.717, 1.165) is 15.8 Å². The third-order valence-corrected chi connectivity index (χ3v) is 4.98. The van der Waals surface area contributed by atoms with Gasteiger partial charge in [-0.25, -0.2) is 4.98 Å². The van der Waals surface area contributed by atoms with Gasteiger partial charge in [-0.1, -0.05) is 47.7 Å². The van der Waals surface area contributed by atoms with Gasteiger partial charge < -0.3 is 4.74 Å². The van der Waals surface area contributed by atoms with Crippen LogP contribution in [0.4, 0.5) is 5.69 Å². The van der Waals surface area contributed by atoms with Crippen LogP contribution in [0, 0.1) is 17.0 Å². The van der Waals surface area contributed by atoms with E-state index in [2.05, 4.69) is 15.0 Å². The molecule has 2 heterocycles. The smallest absolute Gasteiger partial charge is 0.363 e. The van der Waals surface area contributed by atoms with E-state index >= 15 is 0 Å². The molecule has 0 amide bonds. The van der Waals surface area contributed by atoms with E-state index in [0.29, 0.717) is 11.3 Å². The van der Waals surface area contributed by atoms with Crippen molar-refractivity contribution >= 4 is 28.4 Å². The Hall–Kier alpha value is -3.52. The molecule has 0 saturated carbocycles. The summed E-state index contributed by atoms with van der Waals surface area (Å²) in [4.78, 5) is 24.5. The van der Waals surface area contributed by atoms with Crippen molar-refractivity contribution in [2.45, 2.75) is 16.8 Å². The molecular weight excluding hydrogens is 376 g/mol. The van der Waals surface area contributed by atoms with E-state index < -0.39 is 4.92 Å². The molecule has 0 spiro atoms. The van der Waals surface area contributed by atoms with Crippen molar-refractivity contribution < 1.29 is 9.66 Å². The van der Waals surface area contributed by atoms with E-state index in [4.69, 9.17) is 4.74 Å². The summed E-state index contributed by atoms with van der Waals surface area (Å²) >= 11 is 1.19. The molecule has 0 aliphatic carbocycles. The number of rotatable bonds is 5. The topological polar surface area (TPSA) is 91.0 Å². The van der Waals surface area contributed by atoms with Crippen molar-refractivity contribution in [3.63, 3.8) is 0 Å². The fourth-order valence-electron chi connectivity index (χ4n) is 2.63. The predicted octanol–water partition coefficient (Wildman–Crippen LogP) is 5.18.